The molecule has 1 unspecified atom stereocenters. The number of ether oxygens (including phenoxy) is 2. The topological polar surface area (TPSA) is 44.5 Å². The maximum atomic E-state index is 5.60. The van der Waals surface area contributed by atoms with Gasteiger partial charge in [-0.05, 0) is 58.9 Å². The number of rotatable bonds is 3. The van der Waals surface area contributed by atoms with Crippen LogP contribution in [-0.4, -0.2) is 13.3 Å². The van der Waals surface area contributed by atoms with Crippen LogP contribution in [0.1, 0.15) is 30.4 Å². The van der Waals surface area contributed by atoms with Crippen LogP contribution in [0.25, 0.3) is 0 Å². The van der Waals surface area contributed by atoms with Crippen LogP contribution >= 0.6 is 15.9 Å². The standard InChI is InChI=1S/C12H16BrNO2/c1-7(3-4-14)9-5-10-12(16-6-15-10)11(13)8(9)2/h5,7H,3-4,6,14H2,1-2H3. The molecular weight excluding hydrogens is 270 g/mol. The van der Waals surface area contributed by atoms with Gasteiger partial charge in [-0.25, -0.2) is 0 Å². The van der Waals surface area contributed by atoms with Crippen LogP contribution in [0.5, 0.6) is 11.5 Å². The second-order valence-corrected chi connectivity index (χ2v) is 4.91. The van der Waals surface area contributed by atoms with Gasteiger partial charge in [-0.1, -0.05) is 6.92 Å². The summed E-state index contributed by atoms with van der Waals surface area (Å²) in [5.74, 6) is 2.09. The van der Waals surface area contributed by atoms with E-state index in [-0.39, 0.29) is 0 Å². The van der Waals surface area contributed by atoms with E-state index in [9.17, 15) is 0 Å². The first-order valence-corrected chi connectivity index (χ1v) is 6.23. The van der Waals surface area contributed by atoms with Crippen LogP contribution in [-0.2, 0) is 0 Å². The van der Waals surface area contributed by atoms with Crippen molar-refractivity contribution in [2.45, 2.75) is 26.2 Å². The summed E-state index contributed by atoms with van der Waals surface area (Å²) >= 11 is 3.57. The van der Waals surface area contributed by atoms with Gasteiger partial charge in [0.15, 0.2) is 11.5 Å². The second-order valence-electron chi connectivity index (χ2n) is 4.12. The number of halogens is 1. The van der Waals surface area contributed by atoms with E-state index in [1.54, 1.807) is 0 Å². The molecule has 1 aromatic carbocycles. The lowest BCUT2D eigenvalue weighted by Gasteiger charge is -2.16. The highest BCUT2D eigenvalue weighted by molar-refractivity contribution is 9.10. The summed E-state index contributed by atoms with van der Waals surface area (Å²) < 4.78 is 11.8. The largest absolute Gasteiger partial charge is 0.454 e. The van der Waals surface area contributed by atoms with Crippen molar-refractivity contribution in [3.63, 3.8) is 0 Å². The Kier molecular flexibility index (Phi) is 3.40. The van der Waals surface area contributed by atoms with Crippen LogP contribution in [0, 0.1) is 6.92 Å². The zero-order chi connectivity index (χ0) is 11.7. The summed E-state index contributed by atoms with van der Waals surface area (Å²) in [5.41, 5.74) is 8.09. The molecule has 2 rings (SSSR count). The molecule has 0 aliphatic carbocycles. The van der Waals surface area contributed by atoms with Crippen LogP contribution in [0.4, 0.5) is 0 Å². The molecule has 0 saturated heterocycles. The second kappa shape index (κ2) is 4.63. The lowest BCUT2D eigenvalue weighted by atomic mass is 9.93. The molecule has 0 spiro atoms. The molecule has 3 nitrogen and oxygen atoms in total. The van der Waals surface area contributed by atoms with E-state index in [1.165, 1.54) is 11.1 Å². The monoisotopic (exact) mass is 285 g/mol. The van der Waals surface area contributed by atoms with Crippen molar-refractivity contribution in [1.82, 2.24) is 0 Å². The fraction of sp³-hybridized carbons (Fsp3) is 0.500. The molecule has 0 aromatic heterocycles. The van der Waals surface area contributed by atoms with Gasteiger partial charge in [-0.15, -0.1) is 0 Å². The third kappa shape index (κ3) is 1.92. The van der Waals surface area contributed by atoms with Crippen LogP contribution in [0.2, 0.25) is 0 Å². The Morgan fingerprint density at radius 1 is 1.50 bits per heavy atom. The van der Waals surface area contributed by atoms with Gasteiger partial charge >= 0.3 is 0 Å². The van der Waals surface area contributed by atoms with E-state index in [2.05, 4.69) is 35.8 Å². The highest BCUT2D eigenvalue weighted by atomic mass is 79.9. The zero-order valence-electron chi connectivity index (χ0n) is 9.55. The summed E-state index contributed by atoms with van der Waals surface area (Å²) in [6, 6.07) is 2.07. The van der Waals surface area contributed by atoms with Gasteiger partial charge in [-0.2, -0.15) is 0 Å². The summed E-state index contributed by atoms with van der Waals surface area (Å²) in [4.78, 5) is 0. The van der Waals surface area contributed by atoms with Crippen LogP contribution in [0.15, 0.2) is 10.5 Å². The molecule has 0 radical (unpaired) electrons. The predicted molar refractivity (Wildman–Crippen MR) is 67.1 cm³/mol. The summed E-state index contributed by atoms with van der Waals surface area (Å²) in [6.07, 6.45) is 0.979. The third-order valence-corrected chi connectivity index (χ3v) is 3.98. The molecule has 0 saturated carbocycles. The normalized spacial score (nSPS) is 15.2. The van der Waals surface area contributed by atoms with E-state index in [0.717, 1.165) is 22.4 Å². The number of nitrogens with two attached hydrogens (primary N) is 1. The van der Waals surface area contributed by atoms with Crippen molar-refractivity contribution in [2.24, 2.45) is 5.73 Å². The van der Waals surface area contributed by atoms with Gasteiger partial charge in [0.25, 0.3) is 0 Å². The maximum Gasteiger partial charge on any atom is 0.231 e. The molecule has 16 heavy (non-hydrogen) atoms. The highest BCUT2D eigenvalue weighted by Gasteiger charge is 2.22. The molecule has 1 aliphatic heterocycles. The highest BCUT2D eigenvalue weighted by Crippen LogP contribution is 2.44. The van der Waals surface area contributed by atoms with Crippen LogP contribution in [0.3, 0.4) is 0 Å². The molecule has 0 bridgehead atoms. The minimum atomic E-state index is 0.308. The summed E-state index contributed by atoms with van der Waals surface area (Å²) in [5, 5.41) is 0. The Hall–Kier alpha value is -0.740. The molecule has 88 valence electrons. The number of fused-ring (bicyclic) bond motifs is 1. The van der Waals surface area contributed by atoms with Crippen molar-refractivity contribution in [3.05, 3.63) is 21.7 Å². The van der Waals surface area contributed by atoms with E-state index in [1.807, 2.05) is 0 Å². The van der Waals surface area contributed by atoms with Crippen molar-refractivity contribution in [2.75, 3.05) is 13.3 Å². The lowest BCUT2D eigenvalue weighted by Crippen LogP contribution is -2.06. The Labute approximate surface area is 104 Å². The number of hydrogen-bond acceptors (Lipinski definition) is 3. The maximum absolute atomic E-state index is 5.60. The SMILES string of the molecule is Cc1c(C(C)CCN)cc2c(c1Br)OCO2. The zero-order valence-corrected chi connectivity index (χ0v) is 11.1. The molecule has 4 heteroatoms. The summed E-state index contributed by atoms with van der Waals surface area (Å²) in [6.45, 7) is 5.28. The molecule has 1 aliphatic rings. The molecule has 0 amide bonds. The minimum absolute atomic E-state index is 0.308. The quantitative estimate of drug-likeness (QED) is 0.929. The predicted octanol–water partition coefficient (Wildman–Crippen LogP) is 2.94. The fourth-order valence-corrected chi connectivity index (χ4v) is 2.57. The van der Waals surface area contributed by atoms with Gasteiger partial charge < -0.3 is 15.2 Å². The third-order valence-electron chi connectivity index (χ3n) is 3.02. The molecule has 2 N–H and O–H groups in total. The van der Waals surface area contributed by atoms with E-state index >= 15 is 0 Å². The molecule has 1 heterocycles. The molecule has 1 atom stereocenters. The van der Waals surface area contributed by atoms with Crippen molar-refractivity contribution >= 4 is 15.9 Å². The first-order chi connectivity index (χ1) is 7.65. The van der Waals surface area contributed by atoms with Gasteiger partial charge in [0.05, 0.1) is 4.47 Å². The fourth-order valence-electron chi connectivity index (χ4n) is 2.03. The average molecular weight is 286 g/mol. The first kappa shape index (κ1) is 11.7. The van der Waals surface area contributed by atoms with Crippen molar-refractivity contribution in [3.8, 4) is 11.5 Å². The smallest absolute Gasteiger partial charge is 0.231 e. The Morgan fingerprint density at radius 2 is 2.25 bits per heavy atom. The average Bonchev–Trinajstić information content (AvgIpc) is 2.71. The Balaban J connectivity index is 2.43. The van der Waals surface area contributed by atoms with Crippen molar-refractivity contribution in [1.29, 1.82) is 0 Å². The van der Waals surface area contributed by atoms with E-state index < -0.39 is 0 Å². The summed E-state index contributed by atoms with van der Waals surface area (Å²) in [7, 11) is 0. The van der Waals surface area contributed by atoms with Crippen molar-refractivity contribution < 1.29 is 9.47 Å². The first-order valence-electron chi connectivity index (χ1n) is 5.43. The van der Waals surface area contributed by atoms with Gasteiger partial charge in [0.1, 0.15) is 0 Å². The molecular formula is C12H16BrNO2. The van der Waals surface area contributed by atoms with Gasteiger partial charge in [0, 0.05) is 0 Å². The van der Waals surface area contributed by atoms with Gasteiger partial charge in [0.2, 0.25) is 6.79 Å². The number of benzene rings is 1. The van der Waals surface area contributed by atoms with E-state index in [4.69, 9.17) is 15.2 Å². The minimum Gasteiger partial charge on any atom is -0.454 e. The molecule has 1 aromatic rings. The Morgan fingerprint density at radius 3 is 2.94 bits per heavy atom. The molecule has 0 fully saturated rings. The Bertz CT molecular complexity index is 406. The lowest BCUT2D eigenvalue weighted by molar-refractivity contribution is 0.173. The number of hydrogen-bond donors (Lipinski definition) is 1. The van der Waals surface area contributed by atoms with E-state index in [0.29, 0.717) is 19.3 Å². The van der Waals surface area contributed by atoms with Crippen LogP contribution < -0.4 is 15.2 Å². The van der Waals surface area contributed by atoms with Gasteiger partial charge in [-0.3, -0.25) is 0 Å².